The van der Waals surface area contributed by atoms with Gasteiger partial charge in [-0.1, -0.05) is 31.2 Å². The van der Waals surface area contributed by atoms with Gasteiger partial charge in [-0.15, -0.1) is 0 Å². The molecule has 82 valence electrons. The lowest BCUT2D eigenvalue weighted by Crippen LogP contribution is -2.50. The van der Waals surface area contributed by atoms with Crippen LogP contribution < -0.4 is 11.3 Å². The summed E-state index contributed by atoms with van der Waals surface area (Å²) in [5, 5.41) is 9.07. The molecule has 1 rings (SSSR count). The van der Waals surface area contributed by atoms with Gasteiger partial charge in [0.1, 0.15) is 0 Å². The first-order chi connectivity index (χ1) is 7.04. The number of aliphatic carboxylic acids is 1. The summed E-state index contributed by atoms with van der Waals surface area (Å²) in [4.78, 5) is 11.1. The van der Waals surface area contributed by atoms with Crippen molar-refractivity contribution in [1.29, 1.82) is 0 Å². The minimum Gasteiger partial charge on any atom is -0.480 e. The average molecular weight is 208 g/mol. The molecule has 0 spiro atoms. The molecular weight excluding hydrogens is 192 g/mol. The molecule has 0 amide bonds. The van der Waals surface area contributed by atoms with Crippen LogP contribution in [-0.4, -0.2) is 11.1 Å². The van der Waals surface area contributed by atoms with Crippen molar-refractivity contribution in [2.24, 2.45) is 5.84 Å². The van der Waals surface area contributed by atoms with Crippen LogP contribution in [0.25, 0.3) is 0 Å². The first-order valence-corrected chi connectivity index (χ1v) is 4.85. The van der Waals surface area contributed by atoms with Crippen LogP contribution in [0.5, 0.6) is 0 Å². The van der Waals surface area contributed by atoms with Crippen LogP contribution in [0.4, 0.5) is 0 Å². The Labute approximate surface area is 89.1 Å². The summed E-state index contributed by atoms with van der Waals surface area (Å²) in [5.41, 5.74) is 2.92. The number of nitrogens with two attached hydrogens (primary N) is 1. The molecule has 1 aromatic carbocycles. The Bertz CT molecular complexity index is 348. The molecular formula is C11H16N2O2. The zero-order valence-electron chi connectivity index (χ0n) is 8.95. The molecule has 0 aliphatic carbocycles. The van der Waals surface area contributed by atoms with E-state index in [9.17, 15) is 4.79 Å². The molecule has 0 saturated heterocycles. The normalized spacial score (nSPS) is 14.6. The van der Waals surface area contributed by atoms with Crippen molar-refractivity contribution in [2.75, 3.05) is 0 Å². The van der Waals surface area contributed by atoms with Gasteiger partial charge in [0.15, 0.2) is 5.54 Å². The maximum Gasteiger partial charge on any atom is 0.329 e. The fourth-order valence-electron chi connectivity index (χ4n) is 1.34. The molecule has 1 unspecified atom stereocenters. The lowest BCUT2D eigenvalue weighted by atomic mass is 9.92. The highest BCUT2D eigenvalue weighted by molar-refractivity contribution is 5.80. The third-order valence-electron chi connectivity index (χ3n) is 2.66. The fraction of sp³-hybridized carbons (Fsp3) is 0.364. The minimum absolute atomic E-state index is 0.648. The molecule has 4 heteroatoms. The SMILES string of the molecule is CCc1ccc(C(C)(NN)C(=O)O)cc1. The first-order valence-electron chi connectivity index (χ1n) is 4.85. The van der Waals surface area contributed by atoms with Gasteiger partial charge in [-0.3, -0.25) is 5.84 Å². The Morgan fingerprint density at radius 2 is 2.00 bits per heavy atom. The number of carboxylic acid groups (broad SMARTS) is 1. The quantitative estimate of drug-likeness (QED) is 0.510. The Hall–Kier alpha value is -1.39. The first kappa shape index (κ1) is 11.7. The molecule has 0 radical (unpaired) electrons. The third-order valence-corrected chi connectivity index (χ3v) is 2.66. The van der Waals surface area contributed by atoms with Gasteiger partial charge in [0, 0.05) is 0 Å². The maximum atomic E-state index is 11.1. The smallest absolute Gasteiger partial charge is 0.329 e. The van der Waals surface area contributed by atoms with Crippen molar-refractivity contribution < 1.29 is 9.90 Å². The molecule has 0 heterocycles. The number of hydrogen-bond donors (Lipinski definition) is 3. The number of hydrogen-bond acceptors (Lipinski definition) is 3. The van der Waals surface area contributed by atoms with E-state index in [-0.39, 0.29) is 0 Å². The van der Waals surface area contributed by atoms with Crippen LogP contribution in [0.15, 0.2) is 24.3 Å². The van der Waals surface area contributed by atoms with Gasteiger partial charge in [-0.25, -0.2) is 10.2 Å². The molecule has 0 aromatic heterocycles. The van der Waals surface area contributed by atoms with Crippen LogP contribution in [0.3, 0.4) is 0 Å². The Morgan fingerprint density at radius 3 is 2.33 bits per heavy atom. The van der Waals surface area contributed by atoms with Gasteiger partial charge in [0.25, 0.3) is 0 Å². The highest BCUT2D eigenvalue weighted by Crippen LogP contribution is 2.20. The van der Waals surface area contributed by atoms with Gasteiger partial charge in [-0.2, -0.15) is 0 Å². The zero-order valence-corrected chi connectivity index (χ0v) is 8.95. The Balaban J connectivity index is 3.08. The van der Waals surface area contributed by atoms with Crippen molar-refractivity contribution in [3.8, 4) is 0 Å². The highest BCUT2D eigenvalue weighted by atomic mass is 16.4. The molecule has 0 aliphatic rings. The largest absolute Gasteiger partial charge is 0.480 e. The van der Waals surface area contributed by atoms with Gasteiger partial charge in [-0.05, 0) is 24.5 Å². The van der Waals surface area contributed by atoms with E-state index >= 15 is 0 Å². The summed E-state index contributed by atoms with van der Waals surface area (Å²) in [6.07, 6.45) is 0.931. The Kier molecular flexibility index (Phi) is 3.44. The summed E-state index contributed by atoms with van der Waals surface area (Å²) in [6.45, 7) is 3.59. The predicted octanol–water partition coefficient (Wildman–Crippen LogP) is 1.01. The van der Waals surface area contributed by atoms with E-state index in [1.54, 1.807) is 12.1 Å². The lowest BCUT2D eigenvalue weighted by Gasteiger charge is -2.24. The molecule has 4 N–H and O–H groups in total. The van der Waals surface area contributed by atoms with E-state index in [0.717, 1.165) is 6.42 Å². The highest BCUT2D eigenvalue weighted by Gasteiger charge is 2.33. The van der Waals surface area contributed by atoms with E-state index in [1.165, 1.54) is 12.5 Å². The summed E-state index contributed by atoms with van der Waals surface area (Å²) in [5.74, 6) is 4.29. The molecule has 0 bridgehead atoms. The van der Waals surface area contributed by atoms with E-state index in [1.807, 2.05) is 19.1 Å². The number of benzene rings is 1. The number of carbonyl (C=O) groups is 1. The summed E-state index contributed by atoms with van der Waals surface area (Å²) in [7, 11) is 0. The number of nitrogens with one attached hydrogen (secondary N) is 1. The van der Waals surface area contributed by atoms with Gasteiger partial charge in [0.2, 0.25) is 0 Å². The van der Waals surface area contributed by atoms with Gasteiger partial charge < -0.3 is 5.11 Å². The van der Waals surface area contributed by atoms with Gasteiger partial charge >= 0.3 is 5.97 Å². The number of carboxylic acids is 1. The van der Waals surface area contributed by atoms with Crippen molar-refractivity contribution in [3.05, 3.63) is 35.4 Å². The lowest BCUT2D eigenvalue weighted by molar-refractivity contribution is -0.144. The number of aryl methyl sites for hydroxylation is 1. The maximum absolute atomic E-state index is 11.1. The van der Waals surface area contributed by atoms with Gasteiger partial charge in [0.05, 0.1) is 0 Å². The second kappa shape index (κ2) is 4.42. The van der Waals surface area contributed by atoms with Crippen LogP contribution in [-0.2, 0) is 16.8 Å². The van der Waals surface area contributed by atoms with Crippen molar-refractivity contribution in [2.45, 2.75) is 25.8 Å². The second-order valence-corrected chi connectivity index (χ2v) is 3.62. The monoisotopic (exact) mass is 208 g/mol. The average Bonchev–Trinajstić information content (AvgIpc) is 2.28. The standard InChI is InChI=1S/C11H16N2O2/c1-3-8-4-6-9(7-5-8)11(2,13-12)10(14)15/h4-7,13H,3,12H2,1-2H3,(H,14,15). The third kappa shape index (κ3) is 2.16. The van der Waals surface area contributed by atoms with Crippen LogP contribution >= 0.6 is 0 Å². The zero-order chi connectivity index (χ0) is 11.5. The van der Waals surface area contributed by atoms with Crippen LogP contribution in [0.1, 0.15) is 25.0 Å². The molecule has 1 aromatic rings. The molecule has 4 nitrogen and oxygen atoms in total. The summed E-state index contributed by atoms with van der Waals surface area (Å²) >= 11 is 0. The molecule has 0 aliphatic heterocycles. The summed E-state index contributed by atoms with van der Waals surface area (Å²) in [6, 6.07) is 7.39. The van der Waals surface area contributed by atoms with Crippen LogP contribution in [0, 0.1) is 0 Å². The Morgan fingerprint density at radius 1 is 1.47 bits per heavy atom. The molecule has 0 saturated carbocycles. The molecule has 1 atom stereocenters. The molecule has 15 heavy (non-hydrogen) atoms. The fourth-order valence-corrected chi connectivity index (χ4v) is 1.34. The topological polar surface area (TPSA) is 75.3 Å². The van der Waals surface area contributed by atoms with E-state index in [2.05, 4.69) is 5.43 Å². The van der Waals surface area contributed by atoms with E-state index in [0.29, 0.717) is 5.56 Å². The second-order valence-electron chi connectivity index (χ2n) is 3.62. The van der Waals surface area contributed by atoms with Crippen molar-refractivity contribution >= 4 is 5.97 Å². The molecule has 0 fully saturated rings. The van der Waals surface area contributed by atoms with E-state index in [4.69, 9.17) is 10.9 Å². The van der Waals surface area contributed by atoms with E-state index < -0.39 is 11.5 Å². The van der Waals surface area contributed by atoms with Crippen molar-refractivity contribution in [1.82, 2.24) is 5.43 Å². The number of hydrazine groups is 1. The minimum atomic E-state index is -1.23. The predicted molar refractivity (Wildman–Crippen MR) is 58.1 cm³/mol. The van der Waals surface area contributed by atoms with Crippen molar-refractivity contribution in [3.63, 3.8) is 0 Å². The number of rotatable bonds is 4. The summed E-state index contributed by atoms with van der Waals surface area (Å²) < 4.78 is 0. The van der Waals surface area contributed by atoms with Crippen LogP contribution in [0.2, 0.25) is 0 Å².